The van der Waals surface area contributed by atoms with Gasteiger partial charge in [-0.2, -0.15) is 0 Å². The lowest BCUT2D eigenvalue weighted by Crippen LogP contribution is -2.87. The molecule has 0 saturated carbocycles. The molecule has 0 aliphatic carbocycles. The molecule has 4 N–H and O–H groups in total. The van der Waals surface area contributed by atoms with Crippen LogP contribution in [-0.2, 0) is 4.79 Å². The van der Waals surface area contributed by atoms with Gasteiger partial charge in [-0.15, -0.1) is 0 Å². The second kappa shape index (κ2) is 8.31. The molecule has 3 amide bonds. The fourth-order valence-electron chi connectivity index (χ4n) is 2.07. The lowest BCUT2D eigenvalue weighted by atomic mass is 10.1. The van der Waals surface area contributed by atoms with Crippen LogP contribution in [-0.4, -0.2) is 18.5 Å². The van der Waals surface area contributed by atoms with E-state index in [1.165, 1.54) is 0 Å². The topological polar surface area (TPSA) is 74.8 Å². The molecule has 1 atom stereocenters. The first-order valence-electron chi connectivity index (χ1n) is 7.29. The van der Waals surface area contributed by atoms with E-state index in [0.717, 1.165) is 5.56 Å². The Hall–Kier alpha value is -2.37. The molecular formula is C17H19ClN3O2+. The summed E-state index contributed by atoms with van der Waals surface area (Å²) in [5.41, 5.74) is 1.66. The Labute approximate surface area is 140 Å². The van der Waals surface area contributed by atoms with Gasteiger partial charge in [0.1, 0.15) is 6.04 Å². The van der Waals surface area contributed by atoms with Gasteiger partial charge in [-0.05, 0) is 31.2 Å². The third-order valence-electron chi connectivity index (χ3n) is 3.32. The molecule has 23 heavy (non-hydrogen) atoms. The van der Waals surface area contributed by atoms with Crippen molar-refractivity contribution in [3.8, 4) is 0 Å². The number of hydrogen-bond donors (Lipinski definition) is 3. The van der Waals surface area contributed by atoms with Gasteiger partial charge in [0.25, 0.3) is 5.91 Å². The number of hydrogen-bond acceptors (Lipinski definition) is 2. The van der Waals surface area contributed by atoms with Crippen LogP contribution in [0.25, 0.3) is 0 Å². The van der Waals surface area contributed by atoms with Gasteiger partial charge in [0.05, 0.1) is 0 Å². The highest BCUT2D eigenvalue weighted by atomic mass is 35.5. The number of halogens is 1. The van der Waals surface area contributed by atoms with Gasteiger partial charge >= 0.3 is 6.03 Å². The Morgan fingerprint density at radius 1 is 1.13 bits per heavy atom. The van der Waals surface area contributed by atoms with Gasteiger partial charge < -0.3 is 10.6 Å². The average Bonchev–Trinajstić information content (AvgIpc) is 2.53. The molecule has 6 heteroatoms. The van der Waals surface area contributed by atoms with E-state index in [2.05, 4.69) is 10.6 Å². The van der Waals surface area contributed by atoms with Crippen LogP contribution < -0.4 is 16.0 Å². The zero-order chi connectivity index (χ0) is 16.7. The summed E-state index contributed by atoms with van der Waals surface area (Å²) in [5.74, 6) is -0.354. The monoisotopic (exact) mass is 332 g/mol. The van der Waals surface area contributed by atoms with Crippen molar-refractivity contribution in [1.82, 2.24) is 5.32 Å². The van der Waals surface area contributed by atoms with Crippen molar-refractivity contribution in [2.24, 2.45) is 0 Å². The highest BCUT2D eigenvalue weighted by Crippen LogP contribution is 2.14. The van der Waals surface area contributed by atoms with Gasteiger partial charge in [0.15, 0.2) is 6.54 Å². The van der Waals surface area contributed by atoms with E-state index in [-0.39, 0.29) is 18.5 Å². The predicted molar refractivity (Wildman–Crippen MR) is 90.3 cm³/mol. The van der Waals surface area contributed by atoms with Crippen LogP contribution in [0.4, 0.5) is 10.5 Å². The molecule has 0 spiro atoms. The molecule has 2 aromatic carbocycles. The Bertz CT molecular complexity index is 677. The molecule has 5 nitrogen and oxygen atoms in total. The highest BCUT2D eigenvalue weighted by Gasteiger charge is 2.13. The van der Waals surface area contributed by atoms with Crippen molar-refractivity contribution in [2.45, 2.75) is 13.0 Å². The van der Waals surface area contributed by atoms with Crippen LogP contribution in [0.2, 0.25) is 5.02 Å². The number of amides is 3. The van der Waals surface area contributed by atoms with Gasteiger partial charge in [0.2, 0.25) is 0 Å². The van der Waals surface area contributed by atoms with Crippen molar-refractivity contribution in [3.63, 3.8) is 0 Å². The second-order valence-electron chi connectivity index (χ2n) is 5.15. The van der Waals surface area contributed by atoms with E-state index < -0.39 is 6.03 Å². The average molecular weight is 333 g/mol. The number of carbonyl (C=O) groups is 2. The molecule has 0 fully saturated rings. The predicted octanol–water partition coefficient (Wildman–Crippen LogP) is 2.31. The van der Waals surface area contributed by atoms with Crippen LogP contribution in [0.3, 0.4) is 0 Å². The van der Waals surface area contributed by atoms with Gasteiger partial charge in [-0.3, -0.25) is 10.1 Å². The molecule has 2 aromatic rings. The molecule has 0 aliphatic heterocycles. The molecule has 120 valence electrons. The first-order valence-corrected chi connectivity index (χ1v) is 7.67. The summed E-state index contributed by atoms with van der Waals surface area (Å²) in [6, 6.07) is 16.0. The molecular weight excluding hydrogens is 314 g/mol. The Morgan fingerprint density at radius 2 is 1.87 bits per heavy atom. The molecule has 2 rings (SSSR count). The minimum absolute atomic E-state index is 0.0663. The minimum atomic E-state index is -0.537. The van der Waals surface area contributed by atoms with E-state index in [1.54, 1.807) is 30.3 Å². The van der Waals surface area contributed by atoms with Crippen LogP contribution in [0, 0.1) is 0 Å². The molecule has 0 saturated heterocycles. The lowest BCUT2D eigenvalue weighted by Gasteiger charge is -2.11. The van der Waals surface area contributed by atoms with E-state index in [9.17, 15) is 9.59 Å². The number of carbonyl (C=O) groups excluding carboxylic acids is 2. The summed E-state index contributed by atoms with van der Waals surface area (Å²) < 4.78 is 0. The number of nitrogens with one attached hydrogen (secondary N) is 2. The van der Waals surface area contributed by atoms with Crippen molar-refractivity contribution in [2.75, 3.05) is 11.9 Å². The smallest absolute Gasteiger partial charge is 0.326 e. The number of rotatable bonds is 5. The number of imide groups is 1. The summed E-state index contributed by atoms with van der Waals surface area (Å²) in [5, 5.41) is 7.40. The Balaban J connectivity index is 1.77. The number of anilines is 1. The maximum absolute atomic E-state index is 11.8. The van der Waals surface area contributed by atoms with Crippen LogP contribution >= 0.6 is 11.6 Å². The Morgan fingerprint density at radius 3 is 2.57 bits per heavy atom. The summed E-state index contributed by atoms with van der Waals surface area (Å²) in [4.78, 5) is 23.5. The van der Waals surface area contributed by atoms with E-state index in [1.807, 2.05) is 36.5 Å². The van der Waals surface area contributed by atoms with Crippen LogP contribution in [0.15, 0.2) is 54.6 Å². The summed E-state index contributed by atoms with van der Waals surface area (Å²) in [6.45, 7) is 2.12. The van der Waals surface area contributed by atoms with Crippen LogP contribution in [0.5, 0.6) is 0 Å². The maximum Gasteiger partial charge on any atom is 0.326 e. The lowest BCUT2D eigenvalue weighted by molar-refractivity contribution is -0.682. The van der Waals surface area contributed by atoms with Gasteiger partial charge in [0, 0.05) is 16.3 Å². The quantitative estimate of drug-likeness (QED) is 0.786. The summed E-state index contributed by atoms with van der Waals surface area (Å²) in [7, 11) is 0. The molecule has 0 bridgehead atoms. The van der Waals surface area contributed by atoms with E-state index >= 15 is 0 Å². The highest BCUT2D eigenvalue weighted by molar-refractivity contribution is 6.30. The second-order valence-corrected chi connectivity index (χ2v) is 5.59. The van der Waals surface area contributed by atoms with Crippen molar-refractivity contribution >= 4 is 29.2 Å². The Kier molecular flexibility index (Phi) is 6.14. The van der Waals surface area contributed by atoms with Crippen LogP contribution in [0.1, 0.15) is 18.5 Å². The number of para-hydroxylation sites is 1. The SMILES string of the molecule is C[C@H]([NH2+]CC(=O)NC(=O)Nc1ccccc1)c1cccc(Cl)c1. The number of urea groups is 1. The first kappa shape index (κ1) is 17.0. The molecule has 0 aromatic heterocycles. The third-order valence-corrected chi connectivity index (χ3v) is 3.55. The maximum atomic E-state index is 11.8. The largest absolute Gasteiger partial charge is 0.333 e. The fraction of sp³-hybridized carbons (Fsp3) is 0.176. The standard InChI is InChI=1S/C17H18ClN3O2/c1-12(13-6-5-7-14(18)10-13)19-11-16(22)21-17(23)20-15-8-3-2-4-9-15/h2-10,12,19H,11H2,1H3,(H2,20,21,22,23)/p+1/t12-/m0/s1. The number of benzene rings is 2. The molecule has 0 heterocycles. The normalized spacial score (nSPS) is 11.6. The molecule has 0 aliphatic rings. The van der Waals surface area contributed by atoms with Crippen molar-refractivity contribution in [3.05, 3.63) is 65.2 Å². The minimum Gasteiger partial charge on any atom is -0.333 e. The van der Waals surface area contributed by atoms with Gasteiger partial charge in [-0.1, -0.05) is 41.9 Å². The van der Waals surface area contributed by atoms with Crippen molar-refractivity contribution in [1.29, 1.82) is 0 Å². The zero-order valence-electron chi connectivity index (χ0n) is 12.8. The van der Waals surface area contributed by atoms with Crippen molar-refractivity contribution < 1.29 is 14.9 Å². The summed E-state index contributed by atoms with van der Waals surface area (Å²) >= 11 is 5.95. The molecule has 0 radical (unpaired) electrons. The van der Waals surface area contributed by atoms with E-state index in [0.29, 0.717) is 10.7 Å². The molecule has 0 unspecified atom stereocenters. The number of nitrogens with two attached hydrogens (primary N) is 1. The van der Waals surface area contributed by atoms with E-state index in [4.69, 9.17) is 11.6 Å². The summed E-state index contributed by atoms with van der Waals surface area (Å²) in [6.07, 6.45) is 0. The fourth-order valence-corrected chi connectivity index (χ4v) is 2.27. The first-order chi connectivity index (χ1) is 11.0. The van der Waals surface area contributed by atoms with Gasteiger partial charge in [-0.25, -0.2) is 4.79 Å². The number of quaternary nitrogens is 1. The third kappa shape index (κ3) is 5.73. The zero-order valence-corrected chi connectivity index (χ0v) is 13.5.